The number of nitrogens with zero attached hydrogens (tertiary/aromatic N) is 2. The van der Waals surface area contributed by atoms with Gasteiger partial charge >= 0.3 is 0 Å². The van der Waals surface area contributed by atoms with E-state index in [-0.39, 0.29) is 17.9 Å². The Labute approximate surface area is 152 Å². The number of halogens is 1. The quantitative estimate of drug-likeness (QED) is 0.511. The van der Waals surface area contributed by atoms with Crippen LogP contribution in [0.2, 0.25) is 0 Å². The number of fused-ring (bicyclic) bond motifs is 1. The predicted molar refractivity (Wildman–Crippen MR) is 100 cm³/mol. The average molecular weight is 364 g/mol. The van der Waals surface area contributed by atoms with Crippen molar-refractivity contribution in [1.29, 1.82) is 0 Å². The number of thiophene rings is 1. The van der Waals surface area contributed by atoms with Gasteiger partial charge in [-0.2, -0.15) is 0 Å². The van der Waals surface area contributed by atoms with E-state index < -0.39 is 5.82 Å². The van der Waals surface area contributed by atoms with Crippen molar-refractivity contribution >= 4 is 27.3 Å². The van der Waals surface area contributed by atoms with Crippen LogP contribution in [-0.2, 0) is 6.54 Å². The van der Waals surface area contributed by atoms with E-state index in [1.165, 1.54) is 46.5 Å². The van der Waals surface area contributed by atoms with Gasteiger partial charge in [-0.05, 0) is 29.8 Å². The van der Waals surface area contributed by atoms with Crippen LogP contribution in [0.3, 0.4) is 0 Å². The van der Waals surface area contributed by atoms with E-state index in [1.54, 1.807) is 0 Å². The Morgan fingerprint density at radius 2 is 1.81 bits per heavy atom. The van der Waals surface area contributed by atoms with Gasteiger partial charge < -0.3 is 0 Å². The van der Waals surface area contributed by atoms with Gasteiger partial charge in [-0.3, -0.25) is 14.2 Å². The number of carbonyl (C=O) groups excluding carboxylic acids is 1. The van der Waals surface area contributed by atoms with Crippen molar-refractivity contribution in [3.8, 4) is 11.1 Å². The third kappa shape index (κ3) is 2.95. The molecule has 0 aliphatic heterocycles. The van der Waals surface area contributed by atoms with Gasteiger partial charge in [0.25, 0.3) is 5.56 Å². The Hall–Kier alpha value is -3.12. The van der Waals surface area contributed by atoms with Gasteiger partial charge in [0, 0.05) is 16.5 Å². The molecule has 0 saturated heterocycles. The van der Waals surface area contributed by atoms with Crippen LogP contribution in [0, 0.1) is 5.82 Å². The monoisotopic (exact) mass is 364 g/mol. The molecule has 2 aromatic heterocycles. The van der Waals surface area contributed by atoms with Gasteiger partial charge in [-0.1, -0.05) is 30.3 Å². The standard InChI is InChI=1S/C20H13FN2O2S/c21-15-8-6-14(7-9-15)17(24)10-23-12-22-19-18(20(23)25)16(11-26-19)13-4-2-1-3-5-13/h1-9,11-12H,10H2. The fourth-order valence-electron chi connectivity index (χ4n) is 2.79. The molecule has 2 heterocycles. The molecule has 0 spiro atoms. The Bertz CT molecular complexity index is 1150. The van der Waals surface area contributed by atoms with Crippen LogP contribution in [0.5, 0.6) is 0 Å². The molecule has 0 saturated carbocycles. The summed E-state index contributed by atoms with van der Waals surface area (Å²) in [4.78, 5) is 30.3. The molecular weight excluding hydrogens is 351 g/mol. The lowest BCUT2D eigenvalue weighted by Gasteiger charge is -2.06. The molecule has 6 heteroatoms. The Morgan fingerprint density at radius 1 is 1.08 bits per heavy atom. The summed E-state index contributed by atoms with van der Waals surface area (Å²) in [5, 5.41) is 2.41. The van der Waals surface area contributed by atoms with E-state index in [4.69, 9.17) is 0 Å². The summed E-state index contributed by atoms with van der Waals surface area (Å²) in [6, 6.07) is 14.9. The topological polar surface area (TPSA) is 52.0 Å². The summed E-state index contributed by atoms with van der Waals surface area (Å²) in [7, 11) is 0. The van der Waals surface area contributed by atoms with Gasteiger partial charge in [0.1, 0.15) is 10.6 Å². The summed E-state index contributed by atoms with van der Waals surface area (Å²) in [6.45, 7) is -0.141. The molecule has 0 fully saturated rings. The molecule has 0 unspecified atom stereocenters. The molecule has 2 aromatic carbocycles. The lowest BCUT2D eigenvalue weighted by atomic mass is 10.1. The average Bonchev–Trinajstić information content (AvgIpc) is 3.10. The highest BCUT2D eigenvalue weighted by Gasteiger charge is 2.15. The number of benzene rings is 2. The zero-order valence-corrected chi connectivity index (χ0v) is 14.4. The first kappa shape index (κ1) is 16.4. The van der Waals surface area contributed by atoms with Crippen molar-refractivity contribution in [2.24, 2.45) is 0 Å². The van der Waals surface area contributed by atoms with Crippen LogP contribution in [0.15, 0.2) is 71.1 Å². The smallest absolute Gasteiger partial charge is 0.263 e. The van der Waals surface area contributed by atoms with Crippen molar-refractivity contribution in [1.82, 2.24) is 9.55 Å². The van der Waals surface area contributed by atoms with Gasteiger partial charge in [0.15, 0.2) is 5.78 Å². The van der Waals surface area contributed by atoms with Gasteiger partial charge in [0.2, 0.25) is 0 Å². The molecule has 4 rings (SSSR count). The minimum absolute atomic E-state index is 0.141. The third-order valence-electron chi connectivity index (χ3n) is 4.13. The van der Waals surface area contributed by atoms with Crippen molar-refractivity contribution in [2.45, 2.75) is 6.54 Å². The molecular formula is C20H13FN2O2S. The van der Waals surface area contributed by atoms with Crippen molar-refractivity contribution in [3.05, 3.63) is 88.0 Å². The largest absolute Gasteiger partial charge is 0.292 e. The highest BCUT2D eigenvalue weighted by atomic mass is 32.1. The number of aromatic nitrogens is 2. The number of carbonyl (C=O) groups is 1. The highest BCUT2D eigenvalue weighted by Crippen LogP contribution is 2.30. The first-order valence-electron chi connectivity index (χ1n) is 7.94. The second-order valence-electron chi connectivity index (χ2n) is 5.80. The van der Waals surface area contributed by atoms with Gasteiger partial charge in [0.05, 0.1) is 18.3 Å². The fraction of sp³-hybridized carbons (Fsp3) is 0.0500. The molecule has 0 aliphatic rings. The minimum Gasteiger partial charge on any atom is -0.292 e. The lowest BCUT2D eigenvalue weighted by molar-refractivity contribution is 0.0970. The van der Waals surface area contributed by atoms with Crippen LogP contribution in [0.25, 0.3) is 21.3 Å². The maximum atomic E-state index is 13.0. The Morgan fingerprint density at radius 3 is 2.54 bits per heavy atom. The zero-order chi connectivity index (χ0) is 18.1. The number of ketones is 1. The van der Waals surface area contributed by atoms with Crippen molar-refractivity contribution in [3.63, 3.8) is 0 Å². The molecule has 0 amide bonds. The second-order valence-corrected chi connectivity index (χ2v) is 6.66. The Kier molecular flexibility index (Phi) is 4.18. The molecule has 0 radical (unpaired) electrons. The van der Waals surface area contributed by atoms with Crippen molar-refractivity contribution in [2.75, 3.05) is 0 Å². The molecule has 0 N–H and O–H groups in total. The maximum Gasteiger partial charge on any atom is 0.263 e. The number of hydrogen-bond donors (Lipinski definition) is 0. The number of Topliss-reactive ketones (excluding diaryl/α,β-unsaturated/α-hetero) is 1. The first-order chi connectivity index (χ1) is 12.6. The van der Waals surface area contributed by atoms with Crippen LogP contribution in [0.4, 0.5) is 4.39 Å². The molecule has 0 bridgehead atoms. The summed E-state index contributed by atoms with van der Waals surface area (Å²) in [5.41, 5.74) is 1.84. The highest BCUT2D eigenvalue weighted by molar-refractivity contribution is 7.17. The third-order valence-corrected chi connectivity index (χ3v) is 5.01. The van der Waals surface area contributed by atoms with E-state index >= 15 is 0 Å². The molecule has 0 aliphatic carbocycles. The van der Waals surface area contributed by atoms with E-state index in [1.807, 2.05) is 35.7 Å². The molecule has 4 aromatic rings. The molecule has 128 valence electrons. The molecule has 26 heavy (non-hydrogen) atoms. The summed E-state index contributed by atoms with van der Waals surface area (Å²) >= 11 is 1.40. The van der Waals surface area contributed by atoms with Crippen LogP contribution in [0.1, 0.15) is 10.4 Å². The summed E-state index contributed by atoms with van der Waals surface area (Å²) < 4.78 is 14.3. The van der Waals surface area contributed by atoms with Crippen LogP contribution < -0.4 is 5.56 Å². The van der Waals surface area contributed by atoms with E-state index in [0.717, 1.165) is 11.1 Å². The SMILES string of the molecule is O=C(Cn1cnc2scc(-c3ccccc3)c2c1=O)c1ccc(F)cc1. The molecule has 0 atom stereocenters. The van der Waals surface area contributed by atoms with Gasteiger partial charge in [-0.15, -0.1) is 11.3 Å². The van der Waals surface area contributed by atoms with Crippen LogP contribution in [-0.4, -0.2) is 15.3 Å². The zero-order valence-electron chi connectivity index (χ0n) is 13.6. The van der Waals surface area contributed by atoms with E-state index in [2.05, 4.69) is 4.98 Å². The van der Waals surface area contributed by atoms with Crippen molar-refractivity contribution < 1.29 is 9.18 Å². The predicted octanol–water partition coefficient (Wildman–Crippen LogP) is 4.15. The Balaban J connectivity index is 1.75. The fourth-order valence-corrected chi connectivity index (χ4v) is 3.70. The lowest BCUT2D eigenvalue weighted by Crippen LogP contribution is -2.24. The summed E-state index contributed by atoms with van der Waals surface area (Å²) in [5.74, 6) is -0.683. The van der Waals surface area contributed by atoms with Gasteiger partial charge in [-0.25, -0.2) is 9.37 Å². The maximum absolute atomic E-state index is 13.0. The molecule has 4 nitrogen and oxygen atoms in total. The number of hydrogen-bond acceptors (Lipinski definition) is 4. The minimum atomic E-state index is -0.410. The van der Waals surface area contributed by atoms with E-state index in [0.29, 0.717) is 15.8 Å². The summed E-state index contributed by atoms with van der Waals surface area (Å²) in [6.07, 6.45) is 1.39. The first-order valence-corrected chi connectivity index (χ1v) is 8.82. The van der Waals surface area contributed by atoms with Crippen LogP contribution >= 0.6 is 11.3 Å². The normalized spacial score (nSPS) is 11.0. The van der Waals surface area contributed by atoms with E-state index in [9.17, 15) is 14.0 Å². The second kappa shape index (κ2) is 6.65. The number of rotatable bonds is 4.